The lowest BCUT2D eigenvalue weighted by Crippen LogP contribution is -2.43. The van der Waals surface area contributed by atoms with Crippen LogP contribution in [0.5, 0.6) is 11.6 Å². The number of hydrogen-bond donors (Lipinski definition) is 2. The quantitative estimate of drug-likeness (QED) is 0.265. The number of alkyl halides is 3. The monoisotopic (exact) mass is 589 g/mol. The Morgan fingerprint density at radius 1 is 1.10 bits per heavy atom. The van der Waals surface area contributed by atoms with Crippen molar-refractivity contribution in [1.29, 1.82) is 0 Å². The van der Waals surface area contributed by atoms with Crippen LogP contribution < -0.4 is 15.0 Å². The number of nitrogens with one attached hydrogen (secondary N) is 1. The summed E-state index contributed by atoms with van der Waals surface area (Å²) in [5.74, 6) is -4.56. The van der Waals surface area contributed by atoms with E-state index in [0.717, 1.165) is 37.2 Å². The highest BCUT2D eigenvalue weighted by Crippen LogP contribution is 2.40. The first-order valence-electron chi connectivity index (χ1n) is 13.5. The highest BCUT2D eigenvalue weighted by molar-refractivity contribution is 6.03. The first-order chi connectivity index (χ1) is 19.8. The van der Waals surface area contributed by atoms with Gasteiger partial charge in [-0.3, -0.25) is 4.79 Å². The van der Waals surface area contributed by atoms with Crippen molar-refractivity contribution in [2.45, 2.75) is 65.2 Å². The number of benzene rings is 1. The molecule has 2 heterocycles. The fraction of sp³-hybridized carbons (Fsp3) is 0.414. The van der Waals surface area contributed by atoms with Crippen molar-refractivity contribution in [3.63, 3.8) is 0 Å². The molecule has 4 rings (SSSR count). The lowest BCUT2D eigenvalue weighted by Gasteiger charge is -2.34. The van der Waals surface area contributed by atoms with Crippen LogP contribution in [0.1, 0.15) is 67.9 Å². The van der Waals surface area contributed by atoms with Crippen molar-refractivity contribution in [1.82, 2.24) is 15.0 Å². The van der Waals surface area contributed by atoms with Crippen molar-refractivity contribution in [3.8, 4) is 11.6 Å². The Hall–Kier alpha value is -4.29. The standard InChI is InChI=1S/C29H31F4N5O4/c1-16(2)38(27(39)19-6-4-17(3)5-7-19)24-10-23(30)25(9-21(24)28(40)41)42-26-22(29(31,32)33)8-18(12-37-26)11-36-20-13-34-15-35-14-20/h8-10,12-17,19,36H,4-7,11H2,1-3H3,(H,40,41)/t17-,19-. The zero-order chi connectivity index (χ0) is 30.6. The van der Waals surface area contributed by atoms with Gasteiger partial charge in [0.25, 0.3) is 0 Å². The van der Waals surface area contributed by atoms with Crippen molar-refractivity contribution in [2.75, 3.05) is 10.2 Å². The van der Waals surface area contributed by atoms with Crippen LogP contribution >= 0.6 is 0 Å². The molecule has 2 N–H and O–H groups in total. The molecule has 42 heavy (non-hydrogen) atoms. The molecular weight excluding hydrogens is 558 g/mol. The molecule has 1 aromatic carbocycles. The minimum Gasteiger partial charge on any atom is -0.478 e. The molecule has 0 unspecified atom stereocenters. The van der Waals surface area contributed by atoms with Gasteiger partial charge in [0, 0.05) is 36.8 Å². The topological polar surface area (TPSA) is 118 Å². The third kappa shape index (κ3) is 7.12. The van der Waals surface area contributed by atoms with Gasteiger partial charge in [-0.05, 0) is 57.1 Å². The number of carbonyl (C=O) groups is 2. The van der Waals surface area contributed by atoms with E-state index in [1.165, 1.54) is 23.6 Å². The predicted molar refractivity (Wildman–Crippen MR) is 146 cm³/mol. The number of amides is 1. The highest BCUT2D eigenvalue weighted by atomic mass is 19.4. The van der Waals surface area contributed by atoms with Crippen LogP contribution in [0.15, 0.2) is 43.1 Å². The number of aromatic carboxylic acids is 1. The lowest BCUT2D eigenvalue weighted by molar-refractivity contribution is -0.139. The minimum absolute atomic E-state index is 0.0467. The van der Waals surface area contributed by atoms with Crippen molar-refractivity contribution >= 4 is 23.3 Å². The SMILES string of the molecule is CC(C)N(c1cc(F)c(Oc2ncc(CNc3cncnc3)cc2C(F)(F)F)cc1C(=O)O)C(=O)[C@H]1CC[C@H](C)CC1. The summed E-state index contributed by atoms with van der Waals surface area (Å²) in [6.07, 6.45) is 3.35. The fourth-order valence-corrected chi connectivity index (χ4v) is 4.92. The lowest BCUT2D eigenvalue weighted by atomic mass is 9.82. The molecule has 13 heteroatoms. The molecule has 0 spiro atoms. The Morgan fingerprint density at radius 3 is 2.36 bits per heavy atom. The molecular formula is C29H31F4N5O4. The second-order valence-corrected chi connectivity index (χ2v) is 10.6. The zero-order valence-corrected chi connectivity index (χ0v) is 23.3. The average molecular weight is 590 g/mol. The number of carboxylic acid groups (broad SMARTS) is 1. The van der Waals surface area contributed by atoms with E-state index in [4.69, 9.17) is 4.74 Å². The number of pyridine rings is 1. The number of nitrogens with zero attached hydrogens (tertiary/aromatic N) is 4. The summed E-state index contributed by atoms with van der Waals surface area (Å²) in [5, 5.41) is 12.8. The number of hydrogen-bond acceptors (Lipinski definition) is 7. The maximum Gasteiger partial charge on any atom is 0.421 e. The molecule has 2 aromatic heterocycles. The van der Waals surface area contributed by atoms with Crippen molar-refractivity contribution < 1.29 is 37.0 Å². The number of carbonyl (C=O) groups excluding carboxylic acids is 1. The van der Waals surface area contributed by atoms with E-state index >= 15 is 4.39 Å². The number of halogens is 4. The molecule has 1 saturated carbocycles. The molecule has 1 aliphatic rings. The number of ether oxygens (including phenoxy) is 1. The summed E-state index contributed by atoms with van der Waals surface area (Å²) in [6.45, 7) is 5.41. The van der Waals surface area contributed by atoms with Gasteiger partial charge in [0.2, 0.25) is 11.8 Å². The van der Waals surface area contributed by atoms with Gasteiger partial charge in [0.15, 0.2) is 11.6 Å². The number of anilines is 2. The molecule has 1 fully saturated rings. The second kappa shape index (κ2) is 12.7. The van der Waals surface area contributed by atoms with Crippen LogP contribution in [-0.2, 0) is 17.5 Å². The molecule has 0 bridgehead atoms. The summed E-state index contributed by atoms with van der Waals surface area (Å²) in [7, 11) is 0. The third-order valence-corrected chi connectivity index (χ3v) is 7.14. The van der Waals surface area contributed by atoms with Gasteiger partial charge in [-0.1, -0.05) is 6.92 Å². The van der Waals surface area contributed by atoms with Crippen molar-refractivity contribution in [2.24, 2.45) is 11.8 Å². The molecule has 3 aromatic rings. The van der Waals surface area contributed by atoms with E-state index in [2.05, 4.69) is 27.2 Å². The Morgan fingerprint density at radius 2 is 1.76 bits per heavy atom. The maximum absolute atomic E-state index is 15.4. The van der Waals surface area contributed by atoms with Gasteiger partial charge < -0.3 is 20.1 Å². The van der Waals surface area contributed by atoms with Crippen LogP contribution in [0, 0.1) is 17.7 Å². The summed E-state index contributed by atoms with van der Waals surface area (Å²) in [6, 6.07) is 1.89. The van der Waals surface area contributed by atoms with E-state index in [1.807, 2.05) is 0 Å². The predicted octanol–water partition coefficient (Wildman–Crippen LogP) is 6.70. The van der Waals surface area contributed by atoms with Crippen molar-refractivity contribution in [3.05, 3.63) is 65.6 Å². The first kappa shape index (κ1) is 30.7. The molecule has 0 aliphatic heterocycles. The molecule has 1 aliphatic carbocycles. The smallest absolute Gasteiger partial charge is 0.421 e. The van der Waals surface area contributed by atoms with Crippen LogP contribution in [-0.4, -0.2) is 38.0 Å². The summed E-state index contributed by atoms with van der Waals surface area (Å²) in [4.78, 5) is 38.3. The first-order valence-corrected chi connectivity index (χ1v) is 13.5. The average Bonchev–Trinajstić information content (AvgIpc) is 2.93. The van der Waals surface area contributed by atoms with Gasteiger partial charge in [-0.25, -0.2) is 24.1 Å². The molecule has 9 nitrogen and oxygen atoms in total. The maximum atomic E-state index is 15.4. The van der Waals surface area contributed by atoms with E-state index in [-0.39, 0.29) is 29.6 Å². The number of aromatic nitrogens is 3. The van der Waals surface area contributed by atoms with Crippen LogP contribution in [0.25, 0.3) is 0 Å². The third-order valence-electron chi connectivity index (χ3n) is 7.14. The molecule has 1 amide bonds. The van der Waals surface area contributed by atoms with Crippen LogP contribution in [0.3, 0.4) is 0 Å². The molecule has 0 saturated heterocycles. The van der Waals surface area contributed by atoms with E-state index < -0.39 is 46.8 Å². The van der Waals surface area contributed by atoms with Gasteiger partial charge in [-0.2, -0.15) is 13.2 Å². The number of rotatable bonds is 9. The van der Waals surface area contributed by atoms with Gasteiger partial charge >= 0.3 is 12.1 Å². The Balaban J connectivity index is 1.66. The zero-order valence-electron chi connectivity index (χ0n) is 23.3. The minimum atomic E-state index is -4.92. The molecule has 224 valence electrons. The van der Waals surface area contributed by atoms with E-state index in [0.29, 0.717) is 24.4 Å². The van der Waals surface area contributed by atoms with E-state index in [1.54, 1.807) is 13.8 Å². The van der Waals surface area contributed by atoms with Crippen LogP contribution in [0.2, 0.25) is 0 Å². The van der Waals surface area contributed by atoms with Gasteiger partial charge in [0.05, 0.1) is 29.3 Å². The van der Waals surface area contributed by atoms with Crippen LogP contribution in [0.4, 0.5) is 28.9 Å². The molecule has 0 radical (unpaired) electrons. The second-order valence-electron chi connectivity index (χ2n) is 10.6. The Bertz CT molecular complexity index is 1430. The van der Waals surface area contributed by atoms with E-state index in [9.17, 15) is 27.9 Å². The largest absolute Gasteiger partial charge is 0.478 e. The molecule has 0 atom stereocenters. The Kier molecular flexibility index (Phi) is 9.27. The summed E-state index contributed by atoms with van der Waals surface area (Å²) in [5.41, 5.74) is -1.35. The number of carboxylic acids is 1. The highest BCUT2D eigenvalue weighted by Gasteiger charge is 2.37. The summed E-state index contributed by atoms with van der Waals surface area (Å²) >= 11 is 0. The summed E-state index contributed by atoms with van der Waals surface area (Å²) < 4.78 is 62.5. The van der Waals surface area contributed by atoms with Gasteiger partial charge in [-0.15, -0.1) is 0 Å². The fourth-order valence-electron chi connectivity index (χ4n) is 4.92. The Labute approximate surface area is 240 Å². The van der Waals surface area contributed by atoms with Gasteiger partial charge in [0.1, 0.15) is 11.9 Å². The normalized spacial score (nSPS) is 17.1.